The number of aromatic nitrogens is 3. The number of allylic oxidation sites excluding steroid dienone is 1. The van der Waals surface area contributed by atoms with Crippen molar-refractivity contribution in [3.8, 4) is 0 Å². The largest absolute Gasteiger partial charge is 0.460 e. The molecule has 0 bridgehead atoms. The van der Waals surface area contributed by atoms with E-state index in [4.69, 9.17) is 13.9 Å². The zero-order valence-corrected chi connectivity index (χ0v) is 28.3. The number of ketones is 1. The van der Waals surface area contributed by atoms with Crippen molar-refractivity contribution in [3.05, 3.63) is 53.9 Å². The number of ether oxygens (including phenoxy) is 2. The van der Waals surface area contributed by atoms with Gasteiger partial charge in [-0.25, -0.2) is 14.6 Å². The van der Waals surface area contributed by atoms with Gasteiger partial charge in [-0.05, 0) is 39.7 Å². The minimum Gasteiger partial charge on any atom is -0.460 e. The number of esters is 1. The molecule has 3 amide bonds. The number of nitrogens with one attached hydrogen (secondary N) is 2. The van der Waals surface area contributed by atoms with Crippen LogP contribution in [0.5, 0.6) is 0 Å². The maximum atomic E-state index is 13.6. The Morgan fingerprint density at radius 2 is 1.96 bits per heavy atom. The Morgan fingerprint density at radius 3 is 2.62 bits per heavy atom. The lowest BCUT2D eigenvalue weighted by Crippen LogP contribution is -2.44. The average molecular weight is 671 g/mol. The van der Waals surface area contributed by atoms with E-state index in [1.54, 1.807) is 52.2 Å². The predicted octanol–water partition coefficient (Wildman–Crippen LogP) is 2.97. The quantitative estimate of drug-likeness (QED) is 0.135. The summed E-state index contributed by atoms with van der Waals surface area (Å²) >= 11 is 0. The van der Waals surface area contributed by atoms with Crippen LogP contribution < -0.4 is 10.6 Å². The molecule has 262 valence electrons. The van der Waals surface area contributed by atoms with Crippen LogP contribution in [0.25, 0.3) is 0 Å². The van der Waals surface area contributed by atoms with E-state index < -0.39 is 48.1 Å². The molecule has 5 atom stereocenters. The van der Waals surface area contributed by atoms with Gasteiger partial charge in [-0.3, -0.25) is 24.4 Å². The molecule has 0 spiro atoms. The number of amides is 3. The van der Waals surface area contributed by atoms with Gasteiger partial charge >= 0.3 is 12.1 Å². The van der Waals surface area contributed by atoms with E-state index in [1.807, 2.05) is 13.8 Å². The molecular formula is C33H46N6O9. The fourth-order valence-electron chi connectivity index (χ4n) is 5.27. The van der Waals surface area contributed by atoms with E-state index in [1.165, 1.54) is 15.7 Å². The van der Waals surface area contributed by atoms with Crippen LogP contribution in [0.15, 0.2) is 46.7 Å². The Bertz CT molecular complexity index is 1490. The summed E-state index contributed by atoms with van der Waals surface area (Å²) in [5, 5.41) is 19.3. The Morgan fingerprint density at radius 1 is 1.21 bits per heavy atom. The molecule has 3 heterocycles. The Kier molecular flexibility index (Phi) is 14.1. The second-order valence-electron chi connectivity index (χ2n) is 12.1. The minimum atomic E-state index is -0.927. The number of carbonyl (C=O) groups excluding carboxylic acids is 5. The summed E-state index contributed by atoms with van der Waals surface area (Å²) in [6, 6.07) is 0.691. The number of aryl methyl sites for hydroxylation is 1. The molecule has 0 aliphatic carbocycles. The van der Waals surface area contributed by atoms with Crippen molar-refractivity contribution in [2.75, 3.05) is 25.0 Å². The highest BCUT2D eigenvalue weighted by Crippen LogP contribution is 2.26. The first-order valence-electron chi connectivity index (χ1n) is 16.0. The van der Waals surface area contributed by atoms with Gasteiger partial charge in [0.1, 0.15) is 24.2 Å². The Balaban J connectivity index is 1.68. The lowest BCUT2D eigenvalue weighted by molar-refractivity contribution is -0.159. The predicted molar refractivity (Wildman–Crippen MR) is 174 cm³/mol. The average Bonchev–Trinajstić information content (AvgIpc) is 3.78. The van der Waals surface area contributed by atoms with E-state index in [0.29, 0.717) is 25.2 Å². The zero-order chi connectivity index (χ0) is 35.4. The van der Waals surface area contributed by atoms with Crippen LogP contribution in [0.4, 0.5) is 10.6 Å². The summed E-state index contributed by atoms with van der Waals surface area (Å²) in [7, 11) is 1.71. The molecule has 1 aliphatic heterocycles. The summed E-state index contributed by atoms with van der Waals surface area (Å²) in [6.45, 7) is 9.54. The molecule has 48 heavy (non-hydrogen) atoms. The lowest BCUT2D eigenvalue weighted by atomic mass is 9.93. The lowest BCUT2D eigenvalue weighted by Gasteiger charge is -2.30. The van der Waals surface area contributed by atoms with Gasteiger partial charge < -0.3 is 29.2 Å². The number of likely N-dealkylation sites (N-methyl/N-ethyl adjacent to an activating group) is 1. The number of likely N-dealkylation sites (tertiary alicyclic amines) is 1. The van der Waals surface area contributed by atoms with Crippen LogP contribution in [-0.2, 0) is 37.3 Å². The molecule has 2 aromatic heterocycles. The van der Waals surface area contributed by atoms with E-state index in [-0.39, 0.29) is 49.3 Å². The number of Topliss-reactive ketones (excluding diaryl/α,β-unsaturated/α-hetero) is 1. The van der Waals surface area contributed by atoms with Gasteiger partial charge in [-0.2, -0.15) is 5.10 Å². The summed E-state index contributed by atoms with van der Waals surface area (Å²) in [5.74, 6) is -2.45. The molecule has 3 rings (SSSR count). The van der Waals surface area contributed by atoms with Crippen LogP contribution in [0.2, 0.25) is 0 Å². The number of anilines is 1. The highest BCUT2D eigenvalue weighted by atomic mass is 16.6. The van der Waals surface area contributed by atoms with Gasteiger partial charge in [0.25, 0.3) is 5.91 Å². The molecule has 1 fully saturated rings. The fourth-order valence-corrected chi connectivity index (χ4v) is 5.27. The molecule has 3 N–H and O–H groups in total. The van der Waals surface area contributed by atoms with Gasteiger partial charge in [0, 0.05) is 50.7 Å². The monoisotopic (exact) mass is 670 g/mol. The second kappa shape index (κ2) is 17.9. The molecule has 0 saturated carbocycles. The molecule has 15 heteroatoms. The first-order valence-corrected chi connectivity index (χ1v) is 16.0. The van der Waals surface area contributed by atoms with Crippen molar-refractivity contribution >= 4 is 35.5 Å². The zero-order valence-electron chi connectivity index (χ0n) is 28.3. The van der Waals surface area contributed by atoms with E-state index in [0.717, 1.165) is 11.8 Å². The maximum Gasteiger partial charge on any atom is 0.412 e. The van der Waals surface area contributed by atoms with Gasteiger partial charge in [-0.15, -0.1) is 0 Å². The standard InChI is InChI=1S/C33H46N6O9/c1-7-34-28(42)11-10-21(4)30(22(5)18-47-33(45)36-27-12-14-38(6)37-27)48-32(44)26-9-8-13-39(26)31(43)25-19-46-29(35-25)17-24(41)16-23(40)15-20(2)3/h10-12,14-15,19,21-23,26,30,40H,7-9,13,16-18H2,1-6H3,(H,34,42)(H,36,37,45)/b11-10+/t21-,22+,23-,26-,30+/m1/s1. The van der Waals surface area contributed by atoms with Crippen LogP contribution in [0.1, 0.15) is 70.3 Å². The molecular weight excluding hydrogens is 624 g/mol. The highest BCUT2D eigenvalue weighted by molar-refractivity contribution is 5.95. The number of oxazole rings is 1. The molecule has 0 unspecified atom stereocenters. The maximum absolute atomic E-state index is 13.6. The number of carbonyl (C=O) groups is 5. The minimum absolute atomic E-state index is 0.0276. The Labute approximate surface area is 279 Å². The summed E-state index contributed by atoms with van der Waals surface area (Å²) in [4.78, 5) is 69.4. The van der Waals surface area contributed by atoms with E-state index in [9.17, 15) is 29.1 Å². The first-order chi connectivity index (χ1) is 22.8. The first kappa shape index (κ1) is 37.7. The van der Waals surface area contributed by atoms with E-state index in [2.05, 4.69) is 20.7 Å². The van der Waals surface area contributed by atoms with Gasteiger partial charge in [0.05, 0.1) is 19.1 Å². The summed E-state index contributed by atoms with van der Waals surface area (Å²) in [5.41, 5.74) is 0.819. The molecule has 2 aromatic rings. The van der Waals surface area contributed by atoms with Gasteiger partial charge in [-0.1, -0.05) is 31.6 Å². The molecule has 0 aromatic carbocycles. The number of rotatable bonds is 16. The smallest absolute Gasteiger partial charge is 0.412 e. The topological polar surface area (TPSA) is 195 Å². The summed E-state index contributed by atoms with van der Waals surface area (Å²) < 4.78 is 18.3. The number of aliphatic hydroxyl groups excluding tert-OH is 1. The third kappa shape index (κ3) is 11.5. The van der Waals surface area contributed by atoms with Crippen molar-refractivity contribution in [1.82, 2.24) is 25.0 Å². The van der Waals surface area contributed by atoms with Crippen LogP contribution in [0.3, 0.4) is 0 Å². The third-order valence-corrected chi connectivity index (χ3v) is 7.52. The van der Waals surface area contributed by atoms with Crippen molar-refractivity contribution in [1.29, 1.82) is 0 Å². The van der Waals surface area contributed by atoms with Crippen LogP contribution in [-0.4, -0.2) is 92.4 Å². The highest BCUT2D eigenvalue weighted by Gasteiger charge is 2.39. The van der Waals surface area contributed by atoms with Crippen molar-refractivity contribution < 1.29 is 43.0 Å². The molecule has 0 radical (unpaired) electrons. The SMILES string of the molecule is CCNC(=O)/C=C/[C@@H](C)[C@H](OC(=O)[C@H]1CCCN1C(=O)c1coc(CC(=O)C[C@H](O)C=C(C)C)n1)[C@@H](C)COC(=O)Nc1ccn(C)n1. The molecule has 1 aliphatic rings. The third-order valence-electron chi connectivity index (χ3n) is 7.52. The normalized spacial score (nSPS) is 16.9. The summed E-state index contributed by atoms with van der Waals surface area (Å²) in [6.07, 6.45) is 5.44. The second-order valence-corrected chi connectivity index (χ2v) is 12.1. The molecule has 1 saturated heterocycles. The van der Waals surface area contributed by atoms with Crippen molar-refractivity contribution in [3.63, 3.8) is 0 Å². The van der Waals surface area contributed by atoms with E-state index >= 15 is 0 Å². The van der Waals surface area contributed by atoms with Gasteiger partial charge in [0.2, 0.25) is 11.8 Å². The van der Waals surface area contributed by atoms with Crippen molar-refractivity contribution in [2.45, 2.75) is 78.6 Å². The number of hydrogen-bond donors (Lipinski definition) is 3. The Hall–Kier alpha value is -4.79. The van der Waals surface area contributed by atoms with Gasteiger partial charge in [0.15, 0.2) is 11.5 Å². The molecule has 15 nitrogen and oxygen atoms in total. The fraction of sp³-hybridized carbons (Fsp3) is 0.545. The van der Waals surface area contributed by atoms with Crippen LogP contribution >= 0.6 is 0 Å². The number of hydrogen-bond acceptors (Lipinski definition) is 11. The van der Waals surface area contributed by atoms with Crippen molar-refractivity contribution in [2.24, 2.45) is 18.9 Å². The van der Waals surface area contributed by atoms with Crippen LogP contribution in [0, 0.1) is 11.8 Å². The number of aliphatic hydroxyl groups is 1. The number of nitrogens with zero attached hydrogens (tertiary/aromatic N) is 4.